The monoisotopic (exact) mass is 259 g/mol. The molecular formula is C12H21NO5. The van der Waals surface area contributed by atoms with Gasteiger partial charge in [0.15, 0.2) is 0 Å². The number of aliphatic hydroxyl groups is 1. The van der Waals surface area contributed by atoms with Crippen LogP contribution in [0.2, 0.25) is 0 Å². The van der Waals surface area contributed by atoms with E-state index >= 15 is 0 Å². The molecule has 6 heteroatoms. The number of rotatable bonds is 2. The van der Waals surface area contributed by atoms with E-state index in [1.807, 2.05) is 0 Å². The van der Waals surface area contributed by atoms with Crippen LogP contribution in [0.25, 0.3) is 0 Å². The Hall–Kier alpha value is -1.14. The summed E-state index contributed by atoms with van der Waals surface area (Å²) in [5.41, 5.74) is -2.30. The van der Waals surface area contributed by atoms with E-state index in [1.165, 1.54) is 7.11 Å². The van der Waals surface area contributed by atoms with Crippen LogP contribution in [-0.2, 0) is 19.1 Å². The molecule has 0 spiro atoms. The molecule has 0 unspecified atom stereocenters. The van der Waals surface area contributed by atoms with Crippen molar-refractivity contribution in [2.24, 2.45) is 0 Å². The summed E-state index contributed by atoms with van der Waals surface area (Å²) < 4.78 is 9.90. The molecule has 0 aromatic carbocycles. The second-order valence-electron chi connectivity index (χ2n) is 5.47. The van der Waals surface area contributed by atoms with E-state index in [2.05, 4.69) is 10.1 Å². The van der Waals surface area contributed by atoms with E-state index in [0.717, 1.165) is 0 Å². The van der Waals surface area contributed by atoms with E-state index in [4.69, 9.17) is 4.74 Å². The van der Waals surface area contributed by atoms with Gasteiger partial charge in [-0.25, -0.2) is 9.59 Å². The quantitative estimate of drug-likeness (QED) is 0.536. The summed E-state index contributed by atoms with van der Waals surface area (Å²) in [4.78, 5) is 24.0. The molecule has 0 amide bonds. The Balaban J connectivity index is 2.97. The van der Waals surface area contributed by atoms with Crippen molar-refractivity contribution in [3.63, 3.8) is 0 Å². The van der Waals surface area contributed by atoms with Crippen molar-refractivity contribution in [1.82, 2.24) is 5.32 Å². The molecule has 2 N–H and O–H groups in total. The second kappa shape index (κ2) is 5.24. The van der Waals surface area contributed by atoms with Crippen molar-refractivity contribution < 1.29 is 24.2 Å². The third kappa shape index (κ3) is 3.20. The first-order valence-electron chi connectivity index (χ1n) is 5.96. The van der Waals surface area contributed by atoms with Crippen LogP contribution in [0.3, 0.4) is 0 Å². The maximum Gasteiger partial charge on any atom is 0.338 e. The number of methoxy groups -OCH3 is 1. The first-order chi connectivity index (χ1) is 8.21. The van der Waals surface area contributed by atoms with Gasteiger partial charge in [0, 0.05) is 6.42 Å². The Kier molecular flexibility index (Phi) is 4.34. The minimum atomic E-state index is -1.60. The van der Waals surface area contributed by atoms with Crippen LogP contribution in [0.15, 0.2) is 0 Å². The molecule has 1 fully saturated rings. The number of carbonyl (C=O) groups excluding carboxylic acids is 2. The molecular weight excluding hydrogens is 238 g/mol. The van der Waals surface area contributed by atoms with E-state index in [9.17, 15) is 14.7 Å². The SMILES string of the molecule is COC(=O)[C@@]1(C(=O)OC(C)(C)C)C[C@H](O)CCN1. The van der Waals surface area contributed by atoms with Gasteiger partial charge < -0.3 is 14.6 Å². The Bertz CT molecular complexity index is 336. The third-order valence-electron chi connectivity index (χ3n) is 2.73. The Morgan fingerprint density at radius 3 is 2.39 bits per heavy atom. The number of aliphatic hydroxyl groups excluding tert-OH is 1. The van der Waals surface area contributed by atoms with E-state index < -0.39 is 29.2 Å². The highest BCUT2D eigenvalue weighted by molar-refractivity contribution is 6.05. The fraction of sp³-hybridized carbons (Fsp3) is 0.833. The van der Waals surface area contributed by atoms with Gasteiger partial charge in [0.1, 0.15) is 5.60 Å². The van der Waals surface area contributed by atoms with Crippen molar-refractivity contribution in [2.75, 3.05) is 13.7 Å². The topological polar surface area (TPSA) is 84.9 Å². The van der Waals surface area contributed by atoms with Crippen LogP contribution >= 0.6 is 0 Å². The van der Waals surface area contributed by atoms with Gasteiger partial charge in [-0.1, -0.05) is 0 Å². The van der Waals surface area contributed by atoms with Crippen LogP contribution < -0.4 is 5.32 Å². The van der Waals surface area contributed by atoms with Crippen LogP contribution in [0.4, 0.5) is 0 Å². The van der Waals surface area contributed by atoms with E-state index in [-0.39, 0.29) is 6.42 Å². The lowest BCUT2D eigenvalue weighted by Crippen LogP contribution is -2.64. The lowest BCUT2D eigenvalue weighted by Gasteiger charge is -2.37. The smallest absolute Gasteiger partial charge is 0.338 e. The van der Waals surface area contributed by atoms with Crippen molar-refractivity contribution in [3.05, 3.63) is 0 Å². The van der Waals surface area contributed by atoms with Crippen molar-refractivity contribution >= 4 is 11.9 Å². The summed E-state index contributed by atoms with van der Waals surface area (Å²) in [6, 6.07) is 0. The minimum absolute atomic E-state index is 0.0331. The van der Waals surface area contributed by atoms with E-state index in [0.29, 0.717) is 13.0 Å². The van der Waals surface area contributed by atoms with Gasteiger partial charge >= 0.3 is 11.9 Å². The van der Waals surface area contributed by atoms with Crippen molar-refractivity contribution in [1.29, 1.82) is 0 Å². The van der Waals surface area contributed by atoms with Crippen molar-refractivity contribution in [3.8, 4) is 0 Å². The number of piperidine rings is 1. The molecule has 1 rings (SSSR count). The maximum absolute atomic E-state index is 12.2. The predicted octanol–water partition coefficient (Wildman–Crippen LogP) is -0.0158. The van der Waals surface area contributed by atoms with Gasteiger partial charge in [0.05, 0.1) is 13.2 Å². The first-order valence-corrected chi connectivity index (χ1v) is 5.96. The zero-order valence-corrected chi connectivity index (χ0v) is 11.3. The highest BCUT2D eigenvalue weighted by Crippen LogP contribution is 2.25. The standard InChI is InChI=1S/C12H21NO5/c1-11(2,3)18-10(16)12(9(15)17-4)7-8(14)5-6-13-12/h8,13-14H,5-7H2,1-4H3/t8-,12-/m1/s1. The van der Waals surface area contributed by atoms with Gasteiger partial charge in [-0.3, -0.25) is 5.32 Å². The second-order valence-corrected chi connectivity index (χ2v) is 5.47. The van der Waals surface area contributed by atoms with Gasteiger partial charge in [0.25, 0.3) is 0 Å². The average Bonchev–Trinajstić information content (AvgIpc) is 2.25. The number of carbonyl (C=O) groups is 2. The molecule has 0 aliphatic carbocycles. The largest absolute Gasteiger partial charge is 0.467 e. The molecule has 1 aliphatic heterocycles. The maximum atomic E-state index is 12.2. The molecule has 1 saturated heterocycles. The number of ether oxygens (including phenoxy) is 2. The minimum Gasteiger partial charge on any atom is -0.467 e. The molecule has 18 heavy (non-hydrogen) atoms. The zero-order chi connectivity index (χ0) is 14.0. The fourth-order valence-electron chi connectivity index (χ4n) is 1.91. The van der Waals surface area contributed by atoms with Crippen LogP contribution in [0.5, 0.6) is 0 Å². The Labute approximate surface area is 107 Å². The van der Waals surface area contributed by atoms with E-state index in [1.54, 1.807) is 20.8 Å². The number of hydrogen-bond donors (Lipinski definition) is 2. The number of nitrogens with one attached hydrogen (secondary N) is 1. The summed E-state index contributed by atoms with van der Waals surface area (Å²) in [5, 5.41) is 12.5. The third-order valence-corrected chi connectivity index (χ3v) is 2.73. The van der Waals surface area contributed by atoms with Gasteiger partial charge in [-0.05, 0) is 33.7 Å². The molecule has 1 heterocycles. The summed E-state index contributed by atoms with van der Waals surface area (Å²) in [6.07, 6.45) is -0.270. The normalized spacial score (nSPS) is 28.6. The van der Waals surface area contributed by atoms with Crippen LogP contribution in [0.1, 0.15) is 33.6 Å². The number of esters is 2. The average molecular weight is 259 g/mol. The lowest BCUT2D eigenvalue weighted by molar-refractivity contribution is -0.176. The summed E-state index contributed by atoms with van der Waals surface area (Å²) in [5.74, 6) is -1.43. The number of hydrogen-bond acceptors (Lipinski definition) is 6. The zero-order valence-electron chi connectivity index (χ0n) is 11.3. The molecule has 0 aromatic rings. The molecule has 104 valence electrons. The van der Waals surface area contributed by atoms with Crippen molar-refractivity contribution in [2.45, 2.75) is 50.9 Å². The molecule has 0 radical (unpaired) electrons. The molecule has 2 atom stereocenters. The van der Waals surface area contributed by atoms with Gasteiger partial charge in [0.2, 0.25) is 5.54 Å². The Morgan fingerprint density at radius 1 is 1.33 bits per heavy atom. The highest BCUT2D eigenvalue weighted by Gasteiger charge is 2.52. The fourth-order valence-corrected chi connectivity index (χ4v) is 1.91. The molecule has 0 saturated carbocycles. The molecule has 1 aliphatic rings. The van der Waals surface area contributed by atoms with Gasteiger partial charge in [-0.2, -0.15) is 0 Å². The van der Waals surface area contributed by atoms with Crippen LogP contribution in [0, 0.1) is 0 Å². The summed E-state index contributed by atoms with van der Waals surface area (Å²) >= 11 is 0. The van der Waals surface area contributed by atoms with Gasteiger partial charge in [-0.15, -0.1) is 0 Å². The van der Waals surface area contributed by atoms with Crippen LogP contribution in [-0.4, -0.2) is 47.9 Å². The highest BCUT2D eigenvalue weighted by atomic mass is 16.6. The summed E-state index contributed by atoms with van der Waals surface area (Å²) in [6.45, 7) is 5.51. The molecule has 6 nitrogen and oxygen atoms in total. The predicted molar refractivity (Wildman–Crippen MR) is 63.8 cm³/mol. The Morgan fingerprint density at radius 2 is 1.94 bits per heavy atom. The molecule has 0 bridgehead atoms. The lowest BCUT2D eigenvalue weighted by atomic mass is 9.87. The summed E-state index contributed by atoms with van der Waals surface area (Å²) in [7, 11) is 1.21. The molecule has 0 aromatic heterocycles. The first kappa shape index (κ1) is 14.9.